The average molecular weight is 336 g/mol. The molecule has 0 radical (unpaired) electrons. The van der Waals surface area contributed by atoms with Crippen LogP contribution in [0.1, 0.15) is 16.7 Å². The highest BCUT2D eigenvalue weighted by Gasteiger charge is 2.24. The van der Waals surface area contributed by atoms with Crippen LogP contribution in [0.15, 0.2) is 59.2 Å². The van der Waals surface area contributed by atoms with Crippen LogP contribution in [0.2, 0.25) is 0 Å². The molecule has 0 fully saturated rings. The number of para-hydroxylation sites is 1. The molecule has 126 valence electrons. The van der Waals surface area contributed by atoms with Crippen molar-refractivity contribution in [1.29, 1.82) is 0 Å². The number of aliphatic imine (C=N–C) groups is 1. The molecular weight excluding hydrogens is 322 g/mol. The third kappa shape index (κ3) is 3.92. The van der Waals surface area contributed by atoms with E-state index >= 15 is 0 Å². The summed E-state index contributed by atoms with van der Waals surface area (Å²) in [6, 6.07) is 14.2. The van der Waals surface area contributed by atoms with Crippen LogP contribution in [-0.2, 0) is 14.3 Å². The van der Waals surface area contributed by atoms with Crippen LogP contribution in [0.5, 0.6) is 5.75 Å². The lowest BCUT2D eigenvalue weighted by Gasteiger charge is -2.09. The summed E-state index contributed by atoms with van der Waals surface area (Å²) in [6.07, 6.45) is 1.50. The molecule has 25 heavy (non-hydrogen) atoms. The summed E-state index contributed by atoms with van der Waals surface area (Å²) < 4.78 is 10.4. The van der Waals surface area contributed by atoms with Crippen molar-refractivity contribution < 1.29 is 24.2 Å². The molecule has 0 saturated heterocycles. The van der Waals surface area contributed by atoms with E-state index in [4.69, 9.17) is 9.47 Å². The van der Waals surface area contributed by atoms with Crippen molar-refractivity contribution in [3.05, 3.63) is 70.9 Å². The molecule has 6 nitrogen and oxygen atoms in total. The number of aryl methyl sites for hydroxylation is 1. The van der Waals surface area contributed by atoms with Crippen molar-refractivity contribution in [1.82, 2.24) is 0 Å². The number of carbonyl (C=O) groups is 2. The third-order valence-electron chi connectivity index (χ3n) is 3.44. The van der Waals surface area contributed by atoms with Crippen molar-refractivity contribution in [3.8, 4) is 5.75 Å². The molecular formula is C19H14NO5-. The molecule has 0 saturated carbocycles. The monoisotopic (exact) mass is 336 g/mol. The molecule has 0 unspecified atom stereocenters. The van der Waals surface area contributed by atoms with Crippen molar-refractivity contribution in [2.24, 2.45) is 4.99 Å². The van der Waals surface area contributed by atoms with Gasteiger partial charge in [0.2, 0.25) is 5.90 Å². The quantitative estimate of drug-likeness (QED) is 0.609. The summed E-state index contributed by atoms with van der Waals surface area (Å²) in [4.78, 5) is 26.9. The molecule has 0 spiro atoms. The van der Waals surface area contributed by atoms with Gasteiger partial charge < -0.3 is 19.4 Å². The minimum Gasteiger partial charge on any atom is -0.546 e. The molecule has 0 N–H and O–H groups in total. The number of carboxylic acid groups (broad SMARTS) is 1. The molecule has 0 bridgehead atoms. The van der Waals surface area contributed by atoms with Crippen LogP contribution in [0.3, 0.4) is 0 Å². The van der Waals surface area contributed by atoms with E-state index in [2.05, 4.69) is 4.99 Å². The summed E-state index contributed by atoms with van der Waals surface area (Å²) in [5, 5.41) is 10.6. The van der Waals surface area contributed by atoms with E-state index < -0.39 is 18.5 Å². The van der Waals surface area contributed by atoms with E-state index in [-0.39, 0.29) is 11.6 Å². The Kier molecular flexibility index (Phi) is 4.61. The topological polar surface area (TPSA) is 88.0 Å². The Bertz CT molecular complexity index is 898. The van der Waals surface area contributed by atoms with Gasteiger partial charge in [0, 0.05) is 11.1 Å². The second kappa shape index (κ2) is 7.00. The second-order valence-corrected chi connectivity index (χ2v) is 5.40. The largest absolute Gasteiger partial charge is 0.546 e. The second-order valence-electron chi connectivity index (χ2n) is 5.40. The van der Waals surface area contributed by atoms with E-state index in [1.54, 1.807) is 30.3 Å². The molecule has 0 aromatic heterocycles. The van der Waals surface area contributed by atoms with E-state index in [1.807, 2.05) is 25.1 Å². The third-order valence-corrected chi connectivity index (χ3v) is 3.44. The van der Waals surface area contributed by atoms with Gasteiger partial charge >= 0.3 is 5.97 Å². The highest BCUT2D eigenvalue weighted by Crippen LogP contribution is 2.24. The zero-order valence-corrected chi connectivity index (χ0v) is 13.4. The molecule has 0 amide bonds. The fourth-order valence-corrected chi connectivity index (χ4v) is 2.33. The summed E-state index contributed by atoms with van der Waals surface area (Å²) in [5.41, 5.74) is 2.36. The van der Waals surface area contributed by atoms with Crippen molar-refractivity contribution >= 4 is 23.9 Å². The fourth-order valence-electron chi connectivity index (χ4n) is 2.33. The van der Waals surface area contributed by atoms with Gasteiger partial charge in [-0.25, -0.2) is 9.79 Å². The number of esters is 1. The Labute approximate surface area is 144 Å². The van der Waals surface area contributed by atoms with Gasteiger partial charge in [0.25, 0.3) is 0 Å². The highest BCUT2D eigenvalue weighted by atomic mass is 16.6. The Hall–Kier alpha value is -3.41. The maximum absolute atomic E-state index is 12.1. The lowest BCUT2D eigenvalue weighted by Crippen LogP contribution is -2.29. The van der Waals surface area contributed by atoms with E-state index in [0.29, 0.717) is 16.9 Å². The van der Waals surface area contributed by atoms with Crippen LogP contribution >= 0.6 is 0 Å². The lowest BCUT2D eigenvalue weighted by atomic mass is 10.1. The molecule has 3 rings (SSSR count). The number of carboxylic acids is 1. The highest BCUT2D eigenvalue weighted by molar-refractivity contribution is 6.13. The average Bonchev–Trinajstić information content (AvgIpc) is 2.95. The number of cyclic esters (lactones) is 1. The zero-order valence-electron chi connectivity index (χ0n) is 13.4. The molecule has 1 aliphatic rings. The fraction of sp³-hybridized carbons (Fsp3) is 0.105. The smallest absolute Gasteiger partial charge is 0.363 e. The Morgan fingerprint density at radius 3 is 2.80 bits per heavy atom. The molecule has 2 aromatic carbocycles. The van der Waals surface area contributed by atoms with Crippen LogP contribution in [-0.4, -0.2) is 24.4 Å². The first-order valence-corrected chi connectivity index (χ1v) is 7.54. The number of hydrogen-bond donors (Lipinski definition) is 0. The predicted octanol–water partition coefficient (Wildman–Crippen LogP) is 1.47. The van der Waals surface area contributed by atoms with Gasteiger partial charge in [-0.3, -0.25) is 0 Å². The minimum absolute atomic E-state index is 0.112. The first kappa shape index (κ1) is 16.4. The number of aliphatic carboxylic acids is 1. The number of hydrogen-bond acceptors (Lipinski definition) is 6. The molecule has 6 heteroatoms. The van der Waals surface area contributed by atoms with Crippen molar-refractivity contribution in [2.45, 2.75) is 6.92 Å². The normalized spacial score (nSPS) is 15.0. The van der Waals surface area contributed by atoms with Crippen molar-refractivity contribution in [2.75, 3.05) is 6.61 Å². The van der Waals surface area contributed by atoms with E-state index in [1.165, 1.54) is 6.08 Å². The summed E-state index contributed by atoms with van der Waals surface area (Å²) in [6.45, 7) is 1.35. The van der Waals surface area contributed by atoms with Gasteiger partial charge in [-0.1, -0.05) is 35.9 Å². The number of carbonyl (C=O) groups excluding carboxylic acids is 2. The number of nitrogens with zero attached hydrogens (tertiary/aromatic N) is 1. The maximum Gasteiger partial charge on any atom is 0.363 e. The lowest BCUT2D eigenvalue weighted by molar-refractivity contribution is -0.307. The first-order chi connectivity index (χ1) is 12.0. The Morgan fingerprint density at radius 2 is 2.04 bits per heavy atom. The maximum atomic E-state index is 12.1. The van der Waals surface area contributed by atoms with Gasteiger partial charge in [0.1, 0.15) is 12.4 Å². The summed E-state index contributed by atoms with van der Waals surface area (Å²) in [7, 11) is 0. The van der Waals surface area contributed by atoms with Crippen LogP contribution in [0, 0.1) is 6.92 Å². The van der Waals surface area contributed by atoms with Gasteiger partial charge in [-0.15, -0.1) is 0 Å². The van der Waals surface area contributed by atoms with Gasteiger partial charge in [0.15, 0.2) is 5.70 Å². The van der Waals surface area contributed by atoms with Crippen LogP contribution < -0.4 is 9.84 Å². The molecule has 0 aliphatic carbocycles. The first-order valence-electron chi connectivity index (χ1n) is 7.54. The standard InChI is InChI=1S/C19H15NO5/c1-12-5-4-7-14(9-12)18-20-15(19(23)25-18)10-13-6-2-3-8-16(13)24-11-17(21)22/h2-10H,11H2,1H3,(H,21,22)/p-1/b15-10-. The Morgan fingerprint density at radius 1 is 1.24 bits per heavy atom. The van der Waals surface area contributed by atoms with Gasteiger partial charge in [-0.05, 0) is 31.2 Å². The summed E-state index contributed by atoms with van der Waals surface area (Å²) in [5.74, 6) is -1.37. The van der Waals surface area contributed by atoms with Gasteiger partial charge in [0.05, 0.1) is 5.97 Å². The SMILES string of the molecule is Cc1cccc(C2=N/C(=C\c3ccccc3OCC(=O)[O-])C(=O)O2)c1. The molecule has 2 aromatic rings. The number of rotatable bonds is 5. The van der Waals surface area contributed by atoms with Crippen LogP contribution in [0.25, 0.3) is 6.08 Å². The summed E-state index contributed by atoms with van der Waals surface area (Å²) >= 11 is 0. The molecule has 1 aliphatic heterocycles. The minimum atomic E-state index is -1.33. The molecule has 1 heterocycles. The number of benzene rings is 2. The van der Waals surface area contributed by atoms with Crippen LogP contribution in [0.4, 0.5) is 0 Å². The number of ether oxygens (including phenoxy) is 2. The van der Waals surface area contributed by atoms with E-state index in [9.17, 15) is 14.7 Å². The molecule has 0 atom stereocenters. The van der Waals surface area contributed by atoms with Gasteiger partial charge in [-0.2, -0.15) is 0 Å². The zero-order chi connectivity index (χ0) is 17.8. The van der Waals surface area contributed by atoms with E-state index in [0.717, 1.165) is 5.56 Å². The van der Waals surface area contributed by atoms with Crippen molar-refractivity contribution in [3.63, 3.8) is 0 Å². The predicted molar refractivity (Wildman–Crippen MR) is 88.7 cm³/mol. The Balaban J connectivity index is 1.91.